The van der Waals surface area contributed by atoms with E-state index in [1.807, 2.05) is 5.48 Å². The van der Waals surface area contributed by atoms with E-state index in [0.29, 0.717) is 0 Å². The number of carbonyl (C=O) groups is 2. The second kappa shape index (κ2) is 4.51. The third-order valence-electron chi connectivity index (χ3n) is 0.554. The highest BCUT2D eigenvalue weighted by Crippen LogP contribution is 1.69. The Bertz CT molecular complexity index is 154. The maximum Gasteiger partial charge on any atom is 0.332 e. The number of aliphatic carboxylic acids is 1. The van der Waals surface area contributed by atoms with Crippen LogP contribution in [0.2, 0.25) is 0 Å². The topological polar surface area (TPSA) is 75.6 Å². The molecule has 0 fully saturated rings. The summed E-state index contributed by atoms with van der Waals surface area (Å²) in [6.07, 6.45) is 0.974. The number of hydroxylamine groups is 1. The van der Waals surface area contributed by atoms with Crippen LogP contribution in [0.4, 0.5) is 0 Å². The van der Waals surface area contributed by atoms with Crippen molar-refractivity contribution in [1.82, 2.24) is 5.48 Å². The lowest BCUT2D eigenvalue weighted by molar-refractivity contribution is -0.147. The highest BCUT2D eigenvalue weighted by Gasteiger charge is 1.97. The molecule has 0 aliphatic heterocycles. The molecule has 10 heavy (non-hydrogen) atoms. The Labute approximate surface area is 57.2 Å². The van der Waals surface area contributed by atoms with E-state index in [4.69, 9.17) is 5.11 Å². The quantitative estimate of drug-likeness (QED) is 0.405. The van der Waals surface area contributed by atoms with Crippen molar-refractivity contribution in [1.29, 1.82) is 0 Å². The van der Waals surface area contributed by atoms with Crippen LogP contribution in [0.1, 0.15) is 0 Å². The molecule has 5 heteroatoms. The van der Waals surface area contributed by atoms with Gasteiger partial charge in [0.2, 0.25) is 0 Å². The first-order chi connectivity index (χ1) is 4.66. The van der Waals surface area contributed by atoms with Crippen LogP contribution in [0.3, 0.4) is 0 Å². The van der Waals surface area contributed by atoms with E-state index in [1.54, 1.807) is 0 Å². The second-order valence-electron chi connectivity index (χ2n) is 1.35. The van der Waals surface area contributed by atoms with Gasteiger partial charge in [-0.25, -0.2) is 10.3 Å². The van der Waals surface area contributed by atoms with Gasteiger partial charge in [0.25, 0.3) is 5.91 Å². The van der Waals surface area contributed by atoms with Crippen molar-refractivity contribution in [3.05, 3.63) is 12.7 Å². The van der Waals surface area contributed by atoms with Gasteiger partial charge in [0.15, 0.2) is 6.61 Å². The monoisotopic (exact) mass is 145 g/mol. The van der Waals surface area contributed by atoms with Gasteiger partial charge in [-0.05, 0) is 6.08 Å². The Morgan fingerprint density at radius 1 is 1.70 bits per heavy atom. The van der Waals surface area contributed by atoms with Crippen LogP contribution in [0.15, 0.2) is 12.7 Å². The van der Waals surface area contributed by atoms with E-state index in [2.05, 4.69) is 11.4 Å². The molecule has 5 nitrogen and oxygen atoms in total. The third-order valence-corrected chi connectivity index (χ3v) is 0.554. The minimum Gasteiger partial charge on any atom is -0.479 e. The van der Waals surface area contributed by atoms with Gasteiger partial charge in [-0.1, -0.05) is 6.58 Å². The Morgan fingerprint density at radius 2 is 2.30 bits per heavy atom. The maximum atomic E-state index is 10.2. The van der Waals surface area contributed by atoms with Crippen molar-refractivity contribution in [2.45, 2.75) is 0 Å². The minimum absolute atomic E-state index is 0.556. The summed E-state index contributed by atoms with van der Waals surface area (Å²) in [5.41, 5.74) is 1.83. The third kappa shape index (κ3) is 4.79. The summed E-state index contributed by atoms with van der Waals surface area (Å²) in [5.74, 6) is -1.72. The summed E-state index contributed by atoms with van der Waals surface area (Å²) in [4.78, 5) is 24.2. The van der Waals surface area contributed by atoms with Gasteiger partial charge in [-0.2, -0.15) is 0 Å². The molecular formula is C5H7NO4. The van der Waals surface area contributed by atoms with E-state index in [1.165, 1.54) is 0 Å². The summed E-state index contributed by atoms with van der Waals surface area (Å²) in [5, 5.41) is 8.00. The largest absolute Gasteiger partial charge is 0.479 e. The van der Waals surface area contributed by atoms with Gasteiger partial charge in [-0.3, -0.25) is 9.63 Å². The molecule has 0 spiro atoms. The zero-order valence-electron chi connectivity index (χ0n) is 5.16. The number of hydrogen-bond acceptors (Lipinski definition) is 3. The summed E-state index contributed by atoms with van der Waals surface area (Å²) in [6, 6.07) is 0. The van der Waals surface area contributed by atoms with Crippen LogP contribution < -0.4 is 5.48 Å². The lowest BCUT2D eigenvalue weighted by atomic mass is 10.6. The fraction of sp³-hybridized carbons (Fsp3) is 0.200. The minimum atomic E-state index is -1.15. The van der Waals surface area contributed by atoms with Crippen LogP contribution in [0.5, 0.6) is 0 Å². The maximum absolute atomic E-state index is 10.2. The van der Waals surface area contributed by atoms with Crippen LogP contribution in [-0.4, -0.2) is 23.6 Å². The van der Waals surface area contributed by atoms with Crippen molar-refractivity contribution in [3.8, 4) is 0 Å². The Hall–Kier alpha value is -1.36. The highest BCUT2D eigenvalue weighted by atomic mass is 16.7. The van der Waals surface area contributed by atoms with E-state index >= 15 is 0 Å². The predicted molar refractivity (Wildman–Crippen MR) is 31.9 cm³/mol. The number of rotatable bonds is 4. The van der Waals surface area contributed by atoms with E-state index < -0.39 is 18.5 Å². The van der Waals surface area contributed by atoms with Gasteiger partial charge in [0, 0.05) is 0 Å². The number of carbonyl (C=O) groups excluding carboxylic acids is 1. The lowest BCUT2D eigenvalue weighted by Crippen LogP contribution is -2.24. The number of carboxylic acid groups (broad SMARTS) is 1. The Balaban J connectivity index is 3.28. The first-order valence-electron chi connectivity index (χ1n) is 2.43. The number of hydrogen-bond donors (Lipinski definition) is 2. The van der Waals surface area contributed by atoms with E-state index in [9.17, 15) is 9.59 Å². The molecule has 0 aromatic carbocycles. The van der Waals surface area contributed by atoms with Crippen molar-refractivity contribution < 1.29 is 19.5 Å². The predicted octanol–water partition coefficient (Wildman–Crippen LogP) is -0.695. The number of amides is 1. The lowest BCUT2D eigenvalue weighted by Gasteiger charge is -1.97. The molecule has 2 N–H and O–H groups in total. The fourth-order valence-corrected chi connectivity index (χ4v) is 0.211. The van der Waals surface area contributed by atoms with E-state index in [-0.39, 0.29) is 0 Å². The van der Waals surface area contributed by atoms with Crippen molar-refractivity contribution in [3.63, 3.8) is 0 Å². The SMILES string of the molecule is C=CC(=O)NOCC(=O)O. The summed E-state index contributed by atoms with van der Waals surface area (Å²) < 4.78 is 0. The van der Waals surface area contributed by atoms with Gasteiger partial charge in [-0.15, -0.1) is 0 Å². The Kier molecular flexibility index (Phi) is 3.90. The van der Waals surface area contributed by atoms with Crippen molar-refractivity contribution >= 4 is 11.9 Å². The zero-order valence-corrected chi connectivity index (χ0v) is 5.16. The summed E-state index contributed by atoms with van der Waals surface area (Å²) >= 11 is 0. The smallest absolute Gasteiger partial charge is 0.332 e. The number of nitrogens with one attached hydrogen (secondary N) is 1. The molecule has 0 saturated heterocycles. The average Bonchev–Trinajstić information content (AvgIpc) is 1.87. The molecule has 0 bridgehead atoms. The van der Waals surface area contributed by atoms with Gasteiger partial charge >= 0.3 is 5.97 Å². The van der Waals surface area contributed by atoms with E-state index in [0.717, 1.165) is 6.08 Å². The molecule has 0 unspecified atom stereocenters. The molecule has 0 atom stereocenters. The molecule has 0 heterocycles. The first-order valence-corrected chi connectivity index (χ1v) is 2.43. The number of carboxylic acids is 1. The molecule has 0 aliphatic carbocycles. The van der Waals surface area contributed by atoms with Gasteiger partial charge < -0.3 is 5.11 Å². The molecule has 0 aromatic rings. The summed E-state index contributed by atoms with van der Waals surface area (Å²) in [6.45, 7) is 2.56. The molecule has 0 radical (unpaired) electrons. The van der Waals surface area contributed by atoms with Crippen molar-refractivity contribution in [2.24, 2.45) is 0 Å². The molecule has 0 aromatic heterocycles. The Morgan fingerprint density at radius 3 is 2.70 bits per heavy atom. The fourth-order valence-electron chi connectivity index (χ4n) is 0.211. The normalized spacial score (nSPS) is 8.40. The van der Waals surface area contributed by atoms with Crippen molar-refractivity contribution in [2.75, 3.05) is 6.61 Å². The molecule has 0 aliphatic rings. The molecule has 0 rings (SSSR count). The van der Waals surface area contributed by atoms with Crippen LogP contribution >= 0.6 is 0 Å². The van der Waals surface area contributed by atoms with Crippen LogP contribution in [0, 0.1) is 0 Å². The molecule has 56 valence electrons. The van der Waals surface area contributed by atoms with Crippen LogP contribution in [-0.2, 0) is 14.4 Å². The average molecular weight is 145 g/mol. The highest BCUT2D eigenvalue weighted by molar-refractivity contribution is 5.86. The summed E-state index contributed by atoms with van der Waals surface area (Å²) in [7, 11) is 0. The first kappa shape index (κ1) is 8.64. The molecule has 1 amide bonds. The van der Waals surface area contributed by atoms with Gasteiger partial charge in [0.05, 0.1) is 0 Å². The second-order valence-corrected chi connectivity index (χ2v) is 1.35. The standard InChI is InChI=1S/C5H7NO4/c1-2-4(7)6-10-3-5(8)9/h2H,1,3H2,(H,6,7)(H,8,9). The van der Waals surface area contributed by atoms with Crippen LogP contribution in [0.25, 0.3) is 0 Å². The van der Waals surface area contributed by atoms with Gasteiger partial charge in [0.1, 0.15) is 0 Å². The molecule has 0 saturated carbocycles. The zero-order chi connectivity index (χ0) is 7.98. The molecular weight excluding hydrogens is 138 g/mol.